The van der Waals surface area contributed by atoms with Crippen molar-refractivity contribution in [3.8, 4) is 0 Å². The number of hydrogen-bond donors (Lipinski definition) is 2. The monoisotopic (exact) mass is 253 g/mol. The number of likely N-dealkylation sites (tertiary alicyclic amines) is 1. The Balaban J connectivity index is 1.61. The Kier molecular flexibility index (Phi) is 5.93. The van der Waals surface area contributed by atoms with Crippen LogP contribution < -0.4 is 11.1 Å². The van der Waals surface area contributed by atoms with Gasteiger partial charge >= 0.3 is 0 Å². The Morgan fingerprint density at radius 2 is 1.61 bits per heavy atom. The van der Waals surface area contributed by atoms with Gasteiger partial charge in [0.25, 0.3) is 0 Å². The first-order valence-electron chi connectivity index (χ1n) is 8.02. The number of nitrogens with zero attached hydrogens (tertiary/aromatic N) is 1. The van der Waals surface area contributed by atoms with Gasteiger partial charge in [0, 0.05) is 18.1 Å². The maximum absolute atomic E-state index is 5.96. The minimum Gasteiger partial charge on any atom is -0.328 e. The molecule has 0 atom stereocenters. The highest BCUT2D eigenvalue weighted by molar-refractivity contribution is 4.84. The van der Waals surface area contributed by atoms with E-state index < -0.39 is 0 Å². The van der Waals surface area contributed by atoms with Crippen LogP contribution in [0.3, 0.4) is 0 Å². The first-order chi connectivity index (χ1) is 8.78. The highest BCUT2D eigenvalue weighted by Crippen LogP contribution is 2.19. The largest absolute Gasteiger partial charge is 0.328 e. The van der Waals surface area contributed by atoms with Crippen molar-refractivity contribution in [2.45, 2.75) is 76.4 Å². The van der Waals surface area contributed by atoms with Crippen molar-refractivity contribution in [1.29, 1.82) is 0 Å². The number of unbranched alkanes of at least 4 members (excludes halogenated alkanes) is 1. The van der Waals surface area contributed by atoms with Gasteiger partial charge in [-0.2, -0.15) is 0 Å². The third kappa shape index (κ3) is 4.52. The highest BCUT2D eigenvalue weighted by atomic mass is 15.1. The molecule has 0 spiro atoms. The lowest BCUT2D eigenvalue weighted by Gasteiger charge is -2.36. The van der Waals surface area contributed by atoms with Gasteiger partial charge in [-0.3, -0.25) is 0 Å². The number of rotatable bonds is 5. The van der Waals surface area contributed by atoms with Crippen molar-refractivity contribution in [1.82, 2.24) is 10.2 Å². The first kappa shape index (κ1) is 14.3. The molecule has 1 saturated heterocycles. The molecule has 0 amide bonds. The SMILES string of the molecule is CCCCN1CCC(NC2CCC(N)CC2)CC1. The number of hydrogen-bond acceptors (Lipinski definition) is 3. The molecule has 18 heavy (non-hydrogen) atoms. The number of nitrogens with two attached hydrogens (primary N) is 1. The summed E-state index contributed by atoms with van der Waals surface area (Å²) in [5.41, 5.74) is 5.96. The topological polar surface area (TPSA) is 41.3 Å². The average molecular weight is 253 g/mol. The zero-order chi connectivity index (χ0) is 12.8. The van der Waals surface area contributed by atoms with E-state index >= 15 is 0 Å². The Morgan fingerprint density at radius 3 is 2.22 bits per heavy atom. The third-order valence-corrected chi connectivity index (χ3v) is 4.66. The van der Waals surface area contributed by atoms with Crippen LogP contribution in [-0.2, 0) is 0 Å². The van der Waals surface area contributed by atoms with Crippen molar-refractivity contribution < 1.29 is 0 Å². The second-order valence-electron chi connectivity index (χ2n) is 6.25. The molecule has 1 heterocycles. The Labute approximate surface area is 112 Å². The maximum Gasteiger partial charge on any atom is 0.00940 e. The van der Waals surface area contributed by atoms with E-state index in [0.29, 0.717) is 6.04 Å². The second kappa shape index (κ2) is 7.46. The van der Waals surface area contributed by atoms with Crippen LogP contribution in [0.2, 0.25) is 0 Å². The molecule has 1 aliphatic heterocycles. The molecule has 3 heteroatoms. The van der Waals surface area contributed by atoms with Crippen molar-refractivity contribution in [2.24, 2.45) is 5.73 Å². The van der Waals surface area contributed by atoms with Crippen LogP contribution in [0.4, 0.5) is 0 Å². The smallest absolute Gasteiger partial charge is 0.00940 e. The van der Waals surface area contributed by atoms with Gasteiger partial charge < -0.3 is 16.0 Å². The minimum absolute atomic E-state index is 0.471. The quantitative estimate of drug-likeness (QED) is 0.788. The van der Waals surface area contributed by atoms with Gasteiger partial charge in [0.05, 0.1) is 0 Å². The molecule has 1 saturated carbocycles. The summed E-state index contributed by atoms with van der Waals surface area (Å²) < 4.78 is 0. The molecule has 2 rings (SSSR count). The molecule has 0 unspecified atom stereocenters. The predicted molar refractivity (Wildman–Crippen MR) is 77.7 cm³/mol. The molecular weight excluding hydrogens is 222 g/mol. The Hall–Kier alpha value is -0.120. The van der Waals surface area contributed by atoms with E-state index in [-0.39, 0.29) is 0 Å². The molecular formula is C15H31N3. The lowest BCUT2D eigenvalue weighted by Crippen LogP contribution is -2.48. The van der Waals surface area contributed by atoms with E-state index in [1.807, 2.05) is 0 Å². The average Bonchev–Trinajstić information content (AvgIpc) is 2.41. The lowest BCUT2D eigenvalue weighted by molar-refractivity contribution is 0.180. The van der Waals surface area contributed by atoms with Gasteiger partial charge in [-0.1, -0.05) is 13.3 Å². The molecule has 0 radical (unpaired) electrons. The molecule has 2 fully saturated rings. The summed E-state index contributed by atoms with van der Waals surface area (Å²) in [5, 5.41) is 3.87. The van der Waals surface area contributed by atoms with E-state index in [4.69, 9.17) is 5.73 Å². The first-order valence-corrected chi connectivity index (χ1v) is 8.02. The van der Waals surface area contributed by atoms with Crippen LogP contribution in [0, 0.1) is 0 Å². The molecule has 2 aliphatic rings. The predicted octanol–water partition coefficient (Wildman–Crippen LogP) is 2.11. The minimum atomic E-state index is 0.471. The van der Waals surface area contributed by atoms with Crippen LogP contribution in [-0.4, -0.2) is 42.7 Å². The molecule has 1 aliphatic carbocycles. The molecule has 0 aromatic rings. The third-order valence-electron chi connectivity index (χ3n) is 4.66. The fourth-order valence-corrected chi connectivity index (χ4v) is 3.32. The summed E-state index contributed by atoms with van der Waals surface area (Å²) >= 11 is 0. The summed E-state index contributed by atoms with van der Waals surface area (Å²) in [6.45, 7) is 6.18. The fraction of sp³-hybridized carbons (Fsp3) is 1.00. The maximum atomic E-state index is 5.96. The van der Waals surface area contributed by atoms with Gasteiger partial charge in [-0.05, 0) is 64.6 Å². The molecule has 0 bridgehead atoms. The zero-order valence-electron chi connectivity index (χ0n) is 12.0. The zero-order valence-corrected chi connectivity index (χ0v) is 12.0. The van der Waals surface area contributed by atoms with Crippen molar-refractivity contribution in [3.63, 3.8) is 0 Å². The molecule has 0 aromatic heterocycles. The summed E-state index contributed by atoms with van der Waals surface area (Å²) in [4.78, 5) is 2.64. The summed E-state index contributed by atoms with van der Waals surface area (Å²) in [7, 11) is 0. The molecule has 3 nitrogen and oxygen atoms in total. The van der Waals surface area contributed by atoms with Crippen LogP contribution in [0.15, 0.2) is 0 Å². The number of nitrogens with one attached hydrogen (secondary N) is 1. The van der Waals surface area contributed by atoms with Crippen molar-refractivity contribution in [2.75, 3.05) is 19.6 Å². The van der Waals surface area contributed by atoms with Gasteiger partial charge in [0.1, 0.15) is 0 Å². The molecule has 3 N–H and O–H groups in total. The van der Waals surface area contributed by atoms with Crippen LogP contribution >= 0.6 is 0 Å². The standard InChI is InChI=1S/C15H31N3/c1-2-3-10-18-11-8-15(9-12-18)17-14-6-4-13(16)5-7-14/h13-15,17H,2-12,16H2,1H3. The number of piperidine rings is 1. The molecule has 0 aromatic carbocycles. The van der Waals surface area contributed by atoms with Crippen LogP contribution in [0.5, 0.6) is 0 Å². The van der Waals surface area contributed by atoms with Crippen molar-refractivity contribution in [3.05, 3.63) is 0 Å². The summed E-state index contributed by atoms with van der Waals surface area (Å²) in [6, 6.07) is 1.98. The van der Waals surface area contributed by atoms with Gasteiger partial charge in [0.15, 0.2) is 0 Å². The summed E-state index contributed by atoms with van der Waals surface area (Å²) in [5.74, 6) is 0. The van der Waals surface area contributed by atoms with E-state index in [9.17, 15) is 0 Å². The van der Waals surface area contributed by atoms with E-state index in [1.54, 1.807) is 0 Å². The van der Waals surface area contributed by atoms with E-state index in [2.05, 4.69) is 17.1 Å². The van der Waals surface area contributed by atoms with E-state index in [1.165, 1.54) is 71.0 Å². The van der Waals surface area contributed by atoms with Crippen molar-refractivity contribution >= 4 is 0 Å². The normalized spacial score (nSPS) is 31.7. The fourth-order valence-electron chi connectivity index (χ4n) is 3.32. The van der Waals surface area contributed by atoms with Gasteiger partial charge in [-0.25, -0.2) is 0 Å². The van der Waals surface area contributed by atoms with E-state index in [0.717, 1.165) is 12.1 Å². The van der Waals surface area contributed by atoms with Crippen LogP contribution in [0.1, 0.15) is 58.3 Å². The summed E-state index contributed by atoms with van der Waals surface area (Å²) in [6.07, 6.45) is 10.4. The van der Waals surface area contributed by atoms with Crippen LogP contribution in [0.25, 0.3) is 0 Å². The Bertz CT molecular complexity index is 216. The Morgan fingerprint density at radius 1 is 1.00 bits per heavy atom. The second-order valence-corrected chi connectivity index (χ2v) is 6.25. The van der Waals surface area contributed by atoms with Gasteiger partial charge in [0.2, 0.25) is 0 Å². The molecule has 106 valence electrons. The van der Waals surface area contributed by atoms with Gasteiger partial charge in [-0.15, -0.1) is 0 Å². The highest BCUT2D eigenvalue weighted by Gasteiger charge is 2.24. The lowest BCUT2D eigenvalue weighted by atomic mass is 9.90.